The normalized spacial score (nSPS) is 13.8. The van der Waals surface area contributed by atoms with Crippen molar-refractivity contribution in [3.05, 3.63) is 66.2 Å². The molecule has 0 spiro atoms. The Hall–Kier alpha value is -2.48. The molecule has 1 aromatic heterocycles. The minimum Gasteiger partial charge on any atom is -0.341 e. The molecule has 19 heavy (non-hydrogen) atoms. The number of aromatic amines is 1. The molecule has 0 saturated carbocycles. The molecule has 3 aromatic rings. The number of hydrogen-bond donors (Lipinski definition) is 1. The van der Waals surface area contributed by atoms with Gasteiger partial charge in [0.1, 0.15) is 5.82 Å². The zero-order chi connectivity index (χ0) is 12.7. The third-order valence-corrected chi connectivity index (χ3v) is 3.62. The molecule has 2 nitrogen and oxygen atoms in total. The Labute approximate surface area is 112 Å². The Kier molecular flexibility index (Phi) is 2.21. The molecule has 0 aliphatic carbocycles. The van der Waals surface area contributed by atoms with Gasteiger partial charge in [-0.25, -0.2) is 0 Å². The van der Waals surface area contributed by atoms with Gasteiger partial charge in [0.05, 0.1) is 0 Å². The number of aromatic nitrogens is 1. The molecule has 4 rings (SSSR count). The fraction of sp³-hybridized carbons (Fsp3) is 0.0588. The number of benzene rings is 2. The van der Waals surface area contributed by atoms with E-state index in [1.807, 2.05) is 0 Å². The molecule has 0 bridgehead atoms. The highest BCUT2D eigenvalue weighted by Gasteiger charge is 2.15. The average Bonchev–Trinajstić information content (AvgIpc) is 2.90. The Morgan fingerprint density at radius 3 is 2.74 bits per heavy atom. The van der Waals surface area contributed by atoms with E-state index >= 15 is 0 Å². The minimum absolute atomic E-state index is 0.907. The largest absolute Gasteiger partial charge is 0.341 e. The van der Waals surface area contributed by atoms with Crippen LogP contribution in [0.3, 0.4) is 0 Å². The van der Waals surface area contributed by atoms with Crippen molar-refractivity contribution < 1.29 is 0 Å². The van der Waals surface area contributed by atoms with Crippen molar-refractivity contribution in [1.82, 2.24) is 4.98 Å². The van der Waals surface area contributed by atoms with E-state index in [-0.39, 0.29) is 0 Å². The number of hydrogen-bond acceptors (Lipinski definition) is 1. The van der Waals surface area contributed by atoms with Gasteiger partial charge in [0, 0.05) is 23.1 Å². The lowest BCUT2D eigenvalue weighted by molar-refractivity contribution is 1.06. The van der Waals surface area contributed by atoms with E-state index < -0.39 is 0 Å². The second-order valence-electron chi connectivity index (χ2n) is 4.81. The van der Waals surface area contributed by atoms with E-state index in [4.69, 9.17) is 0 Å². The van der Waals surface area contributed by atoms with Crippen molar-refractivity contribution in [2.75, 3.05) is 11.4 Å². The van der Waals surface area contributed by atoms with Crippen molar-refractivity contribution in [2.24, 2.45) is 0 Å². The summed E-state index contributed by atoms with van der Waals surface area (Å²) >= 11 is 0. The second-order valence-corrected chi connectivity index (χ2v) is 4.81. The van der Waals surface area contributed by atoms with Gasteiger partial charge in [0.2, 0.25) is 0 Å². The van der Waals surface area contributed by atoms with Crippen LogP contribution in [0, 0.1) is 0 Å². The summed E-state index contributed by atoms with van der Waals surface area (Å²) in [6.07, 6.45) is 4.39. The first-order valence-corrected chi connectivity index (χ1v) is 6.53. The van der Waals surface area contributed by atoms with E-state index in [9.17, 15) is 0 Å². The van der Waals surface area contributed by atoms with Gasteiger partial charge in [-0.2, -0.15) is 0 Å². The molecule has 1 aliphatic heterocycles. The van der Waals surface area contributed by atoms with Gasteiger partial charge >= 0.3 is 0 Å². The zero-order valence-electron chi connectivity index (χ0n) is 10.5. The standard InChI is InChI=1S/C17H14N2/c1-3-9-15-14(7-1)12-17(18-15)19-11-5-8-13-6-2-4-10-16(13)19/h1-10,12,18H,11H2. The van der Waals surface area contributed by atoms with Crippen LogP contribution in [0.5, 0.6) is 0 Å². The molecular formula is C17H14N2. The minimum atomic E-state index is 0.907. The van der Waals surface area contributed by atoms with Crippen LogP contribution < -0.4 is 4.90 Å². The molecule has 1 aliphatic rings. The van der Waals surface area contributed by atoms with E-state index in [1.54, 1.807) is 0 Å². The maximum atomic E-state index is 3.50. The number of fused-ring (bicyclic) bond motifs is 2. The molecule has 1 N–H and O–H groups in total. The lowest BCUT2D eigenvalue weighted by Gasteiger charge is -2.26. The highest BCUT2D eigenvalue weighted by atomic mass is 15.2. The molecule has 0 unspecified atom stereocenters. The van der Waals surface area contributed by atoms with Gasteiger partial charge < -0.3 is 9.88 Å². The first-order valence-electron chi connectivity index (χ1n) is 6.53. The first-order chi connectivity index (χ1) is 9.42. The van der Waals surface area contributed by atoms with Gasteiger partial charge in [-0.3, -0.25) is 0 Å². The third-order valence-electron chi connectivity index (χ3n) is 3.62. The summed E-state index contributed by atoms with van der Waals surface area (Å²) in [7, 11) is 0. The Bertz CT molecular complexity index is 735. The molecular weight excluding hydrogens is 232 g/mol. The van der Waals surface area contributed by atoms with Gasteiger partial charge in [0.15, 0.2) is 0 Å². The number of anilines is 2. The zero-order valence-corrected chi connectivity index (χ0v) is 10.5. The summed E-state index contributed by atoms with van der Waals surface area (Å²) in [6, 6.07) is 19.1. The van der Waals surface area contributed by atoms with Crippen molar-refractivity contribution >= 4 is 28.5 Å². The van der Waals surface area contributed by atoms with Crippen LogP contribution in [-0.4, -0.2) is 11.5 Å². The van der Waals surface area contributed by atoms with Gasteiger partial charge in [-0.1, -0.05) is 48.6 Å². The topological polar surface area (TPSA) is 19.0 Å². The van der Waals surface area contributed by atoms with Gasteiger partial charge in [-0.05, 0) is 23.8 Å². The highest BCUT2D eigenvalue weighted by Crippen LogP contribution is 2.33. The Morgan fingerprint density at radius 2 is 1.79 bits per heavy atom. The summed E-state index contributed by atoms with van der Waals surface area (Å²) in [4.78, 5) is 5.81. The maximum absolute atomic E-state index is 3.50. The van der Waals surface area contributed by atoms with Crippen molar-refractivity contribution in [3.63, 3.8) is 0 Å². The van der Waals surface area contributed by atoms with Crippen LogP contribution in [0.2, 0.25) is 0 Å². The molecule has 0 amide bonds. The van der Waals surface area contributed by atoms with E-state index in [0.717, 1.165) is 12.4 Å². The average molecular weight is 246 g/mol. The predicted octanol–water partition coefficient (Wildman–Crippen LogP) is 4.33. The fourth-order valence-electron chi connectivity index (χ4n) is 2.69. The van der Waals surface area contributed by atoms with Crippen LogP contribution in [-0.2, 0) is 0 Å². The van der Waals surface area contributed by atoms with Crippen LogP contribution >= 0.6 is 0 Å². The molecule has 0 atom stereocenters. The molecule has 2 aromatic carbocycles. The van der Waals surface area contributed by atoms with E-state index in [2.05, 4.69) is 76.6 Å². The predicted molar refractivity (Wildman–Crippen MR) is 80.8 cm³/mol. The van der Waals surface area contributed by atoms with Crippen LogP contribution in [0.15, 0.2) is 60.7 Å². The number of rotatable bonds is 1. The van der Waals surface area contributed by atoms with E-state index in [1.165, 1.54) is 22.2 Å². The number of para-hydroxylation sites is 2. The summed E-state index contributed by atoms with van der Waals surface area (Å²) in [5, 5.41) is 1.25. The molecule has 2 heterocycles. The van der Waals surface area contributed by atoms with Crippen molar-refractivity contribution in [3.8, 4) is 0 Å². The fourth-order valence-corrected chi connectivity index (χ4v) is 2.69. The number of nitrogens with one attached hydrogen (secondary N) is 1. The summed E-state index contributed by atoms with van der Waals surface area (Å²) in [5.74, 6) is 1.15. The van der Waals surface area contributed by atoms with Crippen LogP contribution in [0.4, 0.5) is 11.5 Å². The highest BCUT2D eigenvalue weighted by molar-refractivity contribution is 5.87. The molecule has 92 valence electrons. The number of nitrogens with zero attached hydrogens (tertiary/aromatic N) is 1. The monoisotopic (exact) mass is 246 g/mol. The van der Waals surface area contributed by atoms with Crippen LogP contribution in [0.25, 0.3) is 17.0 Å². The maximum Gasteiger partial charge on any atom is 0.111 e. The van der Waals surface area contributed by atoms with Crippen molar-refractivity contribution in [2.45, 2.75) is 0 Å². The lowest BCUT2D eigenvalue weighted by atomic mass is 10.1. The van der Waals surface area contributed by atoms with E-state index in [0.29, 0.717) is 0 Å². The Balaban J connectivity index is 1.86. The first kappa shape index (κ1) is 10.4. The molecule has 0 saturated heterocycles. The third kappa shape index (κ3) is 1.65. The Morgan fingerprint density at radius 1 is 0.947 bits per heavy atom. The summed E-state index contributed by atoms with van der Waals surface area (Å²) < 4.78 is 0. The summed E-state index contributed by atoms with van der Waals surface area (Å²) in [5.41, 5.74) is 3.72. The smallest absolute Gasteiger partial charge is 0.111 e. The molecule has 2 heteroatoms. The van der Waals surface area contributed by atoms with Crippen molar-refractivity contribution in [1.29, 1.82) is 0 Å². The second kappa shape index (κ2) is 4.02. The lowest BCUT2D eigenvalue weighted by Crippen LogP contribution is -2.20. The molecule has 0 radical (unpaired) electrons. The SMILES string of the molecule is C1=Cc2ccccc2N(c2cc3ccccc3[nH]2)C1. The quantitative estimate of drug-likeness (QED) is 0.677. The number of H-pyrrole nitrogens is 1. The molecule has 0 fully saturated rings. The van der Waals surface area contributed by atoms with Gasteiger partial charge in [0.25, 0.3) is 0 Å². The van der Waals surface area contributed by atoms with Gasteiger partial charge in [-0.15, -0.1) is 0 Å². The van der Waals surface area contributed by atoms with Crippen LogP contribution in [0.1, 0.15) is 5.56 Å². The summed E-state index contributed by atoms with van der Waals surface area (Å²) in [6.45, 7) is 0.907.